The van der Waals surface area contributed by atoms with E-state index in [0.29, 0.717) is 17.7 Å². The van der Waals surface area contributed by atoms with Gasteiger partial charge in [-0.05, 0) is 67.0 Å². The molecule has 2 aromatic rings. The molecule has 0 aromatic heterocycles. The van der Waals surface area contributed by atoms with Crippen LogP contribution in [0, 0.1) is 0 Å². The van der Waals surface area contributed by atoms with Gasteiger partial charge >= 0.3 is 0 Å². The molecule has 4 heterocycles. The van der Waals surface area contributed by atoms with Crippen LogP contribution in [0.1, 0.15) is 76.9 Å². The Kier molecular flexibility index (Phi) is 6.57. The fraction of sp³-hybridized carbons (Fsp3) is 0.548. The molecule has 6 rings (SSSR count). The van der Waals surface area contributed by atoms with E-state index < -0.39 is 6.10 Å². The number of nitrogens with one attached hydrogen (secondary N) is 1. The molecular weight excluding hydrogens is 478 g/mol. The average Bonchev–Trinajstić information content (AvgIpc) is 3.19. The van der Waals surface area contributed by atoms with Gasteiger partial charge < -0.3 is 25.0 Å². The number of methoxy groups -OCH3 is 1. The number of ether oxygens (including phenoxy) is 1. The van der Waals surface area contributed by atoms with Crippen molar-refractivity contribution in [2.45, 2.75) is 88.2 Å². The van der Waals surface area contributed by atoms with Crippen molar-refractivity contribution in [1.82, 2.24) is 15.1 Å². The number of rotatable bonds is 5. The first-order chi connectivity index (χ1) is 18.2. The van der Waals surface area contributed by atoms with Crippen LogP contribution in [0.15, 0.2) is 42.5 Å². The number of β-amino-alcohol motifs (C(OH)–C–C–N with tert-alkyl or cyclic N) is 1. The fourth-order valence-corrected chi connectivity index (χ4v) is 7.28. The van der Waals surface area contributed by atoms with Crippen molar-refractivity contribution >= 4 is 11.8 Å². The van der Waals surface area contributed by atoms with Crippen LogP contribution in [0.25, 0.3) is 0 Å². The summed E-state index contributed by atoms with van der Waals surface area (Å²) in [7, 11) is 1.76. The number of benzene rings is 2. The molecule has 0 unspecified atom stereocenters. The summed E-state index contributed by atoms with van der Waals surface area (Å²) >= 11 is 0. The number of hydrogen-bond acceptors (Lipinski definition) is 5. The number of amides is 2. The first kappa shape index (κ1) is 25.5. The zero-order valence-electron chi connectivity index (χ0n) is 22.7. The van der Waals surface area contributed by atoms with Gasteiger partial charge in [0, 0.05) is 61.4 Å². The molecule has 202 valence electrons. The summed E-state index contributed by atoms with van der Waals surface area (Å²) in [6.07, 6.45) is 4.16. The highest BCUT2D eigenvalue weighted by molar-refractivity contribution is 6.00. The molecule has 0 aliphatic carbocycles. The second kappa shape index (κ2) is 9.78. The number of carbonyl (C=O) groups is 2. The van der Waals surface area contributed by atoms with Gasteiger partial charge in [-0.2, -0.15) is 0 Å². The first-order valence-corrected chi connectivity index (χ1v) is 14.0. The SMILES string of the molecule is CO[C@H]1C[C@H]2CC[C@@H](C1)N2C(=O)c1ccc2c(c1)C(C)(C)CN(C[C@H](O)[C@@H]1Cc3ccccc3CN1)C2=O. The molecule has 7 heteroatoms. The lowest BCUT2D eigenvalue weighted by molar-refractivity contribution is 0.00819. The van der Waals surface area contributed by atoms with Crippen LogP contribution in [0.5, 0.6) is 0 Å². The highest BCUT2D eigenvalue weighted by Gasteiger charge is 2.44. The largest absolute Gasteiger partial charge is 0.390 e. The van der Waals surface area contributed by atoms with Gasteiger partial charge in [0.2, 0.25) is 0 Å². The maximum Gasteiger partial charge on any atom is 0.254 e. The van der Waals surface area contributed by atoms with Crippen molar-refractivity contribution in [2.24, 2.45) is 0 Å². The van der Waals surface area contributed by atoms with E-state index in [1.54, 1.807) is 12.0 Å². The number of aliphatic hydroxyl groups is 1. The summed E-state index contributed by atoms with van der Waals surface area (Å²) in [5.74, 6) is -0.00540. The van der Waals surface area contributed by atoms with E-state index in [4.69, 9.17) is 4.74 Å². The monoisotopic (exact) mass is 517 g/mol. The van der Waals surface area contributed by atoms with Crippen molar-refractivity contribution in [3.05, 3.63) is 70.3 Å². The highest BCUT2D eigenvalue weighted by Crippen LogP contribution is 2.39. The van der Waals surface area contributed by atoms with E-state index in [1.165, 1.54) is 11.1 Å². The van der Waals surface area contributed by atoms with Crippen LogP contribution >= 0.6 is 0 Å². The van der Waals surface area contributed by atoms with Crippen molar-refractivity contribution in [2.75, 3.05) is 20.2 Å². The van der Waals surface area contributed by atoms with E-state index >= 15 is 0 Å². The van der Waals surface area contributed by atoms with Crippen LogP contribution in [0.3, 0.4) is 0 Å². The molecule has 2 saturated heterocycles. The van der Waals surface area contributed by atoms with Crippen molar-refractivity contribution < 1.29 is 19.4 Å². The zero-order valence-corrected chi connectivity index (χ0v) is 22.7. The molecular formula is C31H39N3O4. The molecule has 4 aliphatic rings. The quantitative estimate of drug-likeness (QED) is 0.636. The molecule has 5 atom stereocenters. The number of hydrogen-bond donors (Lipinski definition) is 2. The molecule has 2 bridgehead atoms. The van der Waals surface area contributed by atoms with Gasteiger partial charge in [0.25, 0.3) is 11.8 Å². The Bertz CT molecular complexity index is 1230. The minimum atomic E-state index is -0.670. The summed E-state index contributed by atoms with van der Waals surface area (Å²) in [6, 6.07) is 14.3. The Morgan fingerprint density at radius 3 is 2.55 bits per heavy atom. The lowest BCUT2D eigenvalue weighted by Gasteiger charge is -2.42. The lowest BCUT2D eigenvalue weighted by atomic mass is 9.77. The molecule has 2 amide bonds. The molecule has 38 heavy (non-hydrogen) atoms. The number of aliphatic hydroxyl groups excluding tert-OH is 1. The number of nitrogens with zero attached hydrogens (tertiary/aromatic N) is 2. The van der Waals surface area contributed by atoms with Gasteiger partial charge in [0.15, 0.2) is 0 Å². The molecule has 0 saturated carbocycles. The normalized spacial score (nSPS) is 28.6. The molecule has 4 aliphatic heterocycles. The summed E-state index contributed by atoms with van der Waals surface area (Å²) in [4.78, 5) is 31.1. The van der Waals surface area contributed by atoms with Crippen LogP contribution < -0.4 is 5.32 Å². The first-order valence-electron chi connectivity index (χ1n) is 14.0. The summed E-state index contributed by atoms with van der Waals surface area (Å²) < 4.78 is 5.61. The van der Waals surface area contributed by atoms with Crippen molar-refractivity contribution in [3.63, 3.8) is 0 Å². The van der Waals surface area contributed by atoms with Gasteiger partial charge in [-0.25, -0.2) is 0 Å². The van der Waals surface area contributed by atoms with Crippen LogP contribution in [0.4, 0.5) is 0 Å². The van der Waals surface area contributed by atoms with E-state index in [-0.39, 0.29) is 48.0 Å². The van der Waals surface area contributed by atoms with Crippen LogP contribution in [-0.2, 0) is 23.1 Å². The molecule has 2 N–H and O–H groups in total. The van der Waals surface area contributed by atoms with Crippen molar-refractivity contribution in [3.8, 4) is 0 Å². The summed E-state index contributed by atoms with van der Waals surface area (Å²) in [5, 5.41) is 14.6. The second-order valence-corrected chi connectivity index (χ2v) is 12.3. The maximum absolute atomic E-state index is 13.7. The van der Waals surface area contributed by atoms with Crippen LogP contribution in [-0.4, -0.2) is 77.3 Å². The van der Waals surface area contributed by atoms with Gasteiger partial charge in [-0.3, -0.25) is 9.59 Å². The van der Waals surface area contributed by atoms with Gasteiger partial charge in [0.1, 0.15) is 0 Å². The lowest BCUT2D eigenvalue weighted by Crippen LogP contribution is -2.54. The third-order valence-corrected chi connectivity index (χ3v) is 9.34. The standard InChI is InChI=1S/C31H39N3O4/c1-31(2)18-33(17-28(35)27-13-19-6-4-5-7-21(19)16-32-27)30(37)25-11-8-20(12-26(25)31)29(36)34-22-9-10-23(34)15-24(14-22)38-3/h4-8,11-12,22-24,27-28,32,35H,9-10,13-18H2,1-3H3/t22-,23+,24+,27-,28-/m0/s1. The highest BCUT2D eigenvalue weighted by atomic mass is 16.5. The van der Waals surface area contributed by atoms with Crippen molar-refractivity contribution in [1.29, 1.82) is 0 Å². The molecule has 2 aromatic carbocycles. The third-order valence-electron chi connectivity index (χ3n) is 9.34. The smallest absolute Gasteiger partial charge is 0.254 e. The minimum absolute atomic E-state index is 0.0691. The predicted molar refractivity (Wildman–Crippen MR) is 145 cm³/mol. The fourth-order valence-electron chi connectivity index (χ4n) is 7.28. The maximum atomic E-state index is 13.7. The summed E-state index contributed by atoms with van der Waals surface area (Å²) in [5.41, 5.74) is 4.39. The Labute approximate surface area is 225 Å². The average molecular weight is 518 g/mol. The Morgan fingerprint density at radius 2 is 1.84 bits per heavy atom. The minimum Gasteiger partial charge on any atom is -0.390 e. The number of fused-ring (bicyclic) bond motifs is 4. The van der Waals surface area contributed by atoms with Crippen LogP contribution in [0.2, 0.25) is 0 Å². The van der Waals surface area contributed by atoms with Gasteiger partial charge in [-0.15, -0.1) is 0 Å². The molecule has 0 radical (unpaired) electrons. The second-order valence-electron chi connectivity index (χ2n) is 12.3. The zero-order chi connectivity index (χ0) is 26.6. The van der Waals surface area contributed by atoms with E-state index in [9.17, 15) is 14.7 Å². The third kappa shape index (κ3) is 4.44. The Morgan fingerprint density at radius 1 is 1.13 bits per heavy atom. The topological polar surface area (TPSA) is 82.1 Å². The summed E-state index contributed by atoms with van der Waals surface area (Å²) in [6.45, 7) is 5.74. The van der Waals surface area contributed by atoms with Gasteiger partial charge in [-0.1, -0.05) is 38.1 Å². The van der Waals surface area contributed by atoms with E-state index in [0.717, 1.165) is 44.2 Å². The molecule has 0 spiro atoms. The Balaban J connectivity index is 1.18. The molecule has 2 fully saturated rings. The van der Waals surface area contributed by atoms with E-state index in [2.05, 4.69) is 36.2 Å². The number of piperidine rings is 1. The van der Waals surface area contributed by atoms with Gasteiger partial charge in [0.05, 0.1) is 12.2 Å². The predicted octanol–water partition coefficient (Wildman–Crippen LogP) is 3.28. The Hall–Kier alpha value is -2.74. The molecule has 7 nitrogen and oxygen atoms in total. The van der Waals surface area contributed by atoms with E-state index in [1.807, 2.05) is 30.3 Å². The number of carbonyl (C=O) groups excluding carboxylic acids is 2.